The molecule has 0 aliphatic carbocycles. The fraction of sp³-hybridized carbons (Fsp3) is 0.0588. The second kappa shape index (κ2) is 11.5. The molecule has 39 heavy (non-hydrogen) atoms. The van der Waals surface area contributed by atoms with Gasteiger partial charge < -0.3 is 0 Å². The number of rotatable bonds is 4. The lowest BCUT2D eigenvalue weighted by molar-refractivity contribution is -0.688. The van der Waals surface area contributed by atoms with Crippen molar-refractivity contribution in [1.29, 1.82) is 0 Å². The van der Waals surface area contributed by atoms with Gasteiger partial charge in [0.25, 0.3) is 0 Å². The molecule has 0 spiro atoms. The van der Waals surface area contributed by atoms with Crippen molar-refractivity contribution in [3.05, 3.63) is 155 Å². The minimum absolute atomic E-state index is 0.791. The van der Waals surface area contributed by atoms with Gasteiger partial charge in [-0.25, -0.2) is 0 Å². The van der Waals surface area contributed by atoms with E-state index in [1.54, 1.807) is 0 Å². The van der Waals surface area contributed by atoms with E-state index in [4.69, 9.17) is 0 Å². The zero-order valence-electron chi connectivity index (χ0n) is 21.2. The first kappa shape index (κ1) is 24.2. The molecule has 0 aliphatic heterocycles. The van der Waals surface area contributed by atoms with Gasteiger partial charge in [0.05, 0.1) is 34.0 Å². The average Bonchev–Trinajstić information content (AvgIpc) is 3.48. The van der Waals surface area contributed by atoms with Gasteiger partial charge in [0, 0.05) is 23.3 Å². The summed E-state index contributed by atoms with van der Waals surface area (Å²) < 4.78 is 13.4. The maximum Gasteiger partial charge on any atom is 0.184 e. The molecule has 6 rings (SSSR count). The van der Waals surface area contributed by atoms with Crippen LogP contribution < -0.4 is 9.13 Å². The molecule has 0 N–H and O–H groups in total. The number of fused-ring (bicyclic) bond motifs is 1. The van der Waals surface area contributed by atoms with Crippen LogP contribution in [0.5, 0.6) is 0 Å². The van der Waals surface area contributed by atoms with Crippen LogP contribution in [0.4, 0.5) is 0 Å². The monoisotopic (exact) mass is 520 g/mol. The second-order valence-corrected chi connectivity index (χ2v) is 9.65. The number of benzene rings is 3. The predicted molar refractivity (Wildman–Crippen MR) is 154 cm³/mol. The Hall–Kier alpha value is -5.10. The molecule has 0 radical (unpaired) electrons. The lowest BCUT2D eigenvalue weighted by atomic mass is 10.1. The highest BCUT2D eigenvalue weighted by Crippen LogP contribution is 2.20. The third kappa shape index (κ3) is 6.08. The van der Waals surface area contributed by atoms with Crippen LogP contribution in [0.15, 0.2) is 122 Å². The standard InChI is InChI=1S/C34H24N4S/c1-3-9-27(10-4-1)23-37-21-7-13-29(25-37)15-17-31-19-20-32(34-33(31)35-39-36-34)18-16-30-14-8-22-38(26-30)24-28-11-5-2-6-12-28/h1-14,19-22,25-26H,23-24H2/q+2. The average molecular weight is 521 g/mol. The Balaban J connectivity index is 1.23. The number of aromatic nitrogens is 4. The lowest BCUT2D eigenvalue weighted by Crippen LogP contribution is -2.33. The normalized spacial score (nSPS) is 10.4. The van der Waals surface area contributed by atoms with E-state index in [0.29, 0.717) is 0 Å². The first-order valence-corrected chi connectivity index (χ1v) is 13.4. The SMILES string of the molecule is C(#Cc1ccc(C#Cc2ccc[n+](Cc3ccccc3)c2)c2nsnc12)c1ccc[n+](Cc2ccccc2)c1. The molecule has 0 bridgehead atoms. The van der Waals surface area contributed by atoms with Crippen LogP contribution in [0, 0.1) is 23.7 Å². The summed E-state index contributed by atoms with van der Waals surface area (Å²) in [5, 5.41) is 0. The Bertz CT molecular complexity index is 1730. The number of hydrogen-bond donors (Lipinski definition) is 0. The summed E-state index contributed by atoms with van der Waals surface area (Å²) in [6, 6.07) is 32.9. The lowest BCUT2D eigenvalue weighted by Gasteiger charge is -1.98. The van der Waals surface area contributed by atoms with Crippen LogP contribution in [-0.2, 0) is 13.1 Å². The third-order valence-electron chi connectivity index (χ3n) is 6.23. The summed E-state index contributed by atoms with van der Waals surface area (Å²) in [5.74, 6) is 13.2. The summed E-state index contributed by atoms with van der Waals surface area (Å²) in [7, 11) is 0. The first-order valence-electron chi connectivity index (χ1n) is 12.7. The first-order chi connectivity index (χ1) is 19.3. The number of nitrogens with zero attached hydrogens (tertiary/aromatic N) is 4. The fourth-order valence-corrected chi connectivity index (χ4v) is 4.90. The van der Waals surface area contributed by atoms with Crippen LogP contribution in [0.1, 0.15) is 33.4 Å². The van der Waals surface area contributed by atoms with Crippen molar-refractivity contribution in [3.8, 4) is 23.7 Å². The van der Waals surface area contributed by atoms with E-state index in [2.05, 4.69) is 115 Å². The molecule has 184 valence electrons. The van der Waals surface area contributed by atoms with Crippen molar-refractivity contribution in [2.45, 2.75) is 13.1 Å². The van der Waals surface area contributed by atoms with Crippen molar-refractivity contribution in [2.24, 2.45) is 0 Å². The van der Waals surface area contributed by atoms with Crippen LogP contribution in [-0.4, -0.2) is 8.75 Å². The molecule has 4 nitrogen and oxygen atoms in total. The van der Waals surface area contributed by atoms with Crippen molar-refractivity contribution in [2.75, 3.05) is 0 Å². The molecule has 0 saturated heterocycles. The zero-order valence-corrected chi connectivity index (χ0v) is 22.0. The molecule has 0 unspecified atom stereocenters. The van der Waals surface area contributed by atoms with E-state index < -0.39 is 0 Å². The van der Waals surface area contributed by atoms with E-state index >= 15 is 0 Å². The van der Waals surface area contributed by atoms with Crippen LogP contribution in [0.3, 0.4) is 0 Å². The minimum Gasteiger partial charge on any atom is -0.200 e. The number of hydrogen-bond acceptors (Lipinski definition) is 3. The summed E-state index contributed by atoms with van der Waals surface area (Å²) in [6.07, 6.45) is 8.26. The summed E-state index contributed by atoms with van der Waals surface area (Å²) in [6.45, 7) is 1.61. The smallest absolute Gasteiger partial charge is 0.184 e. The molecule has 0 saturated carbocycles. The molecule has 5 heteroatoms. The summed E-state index contributed by atoms with van der Waals surface area (Å²) in [4.78, 5) is 0. The molecule has 0 atom stereocenters. The molecular weight excluding hydrogens is 496 g/mol. The predicted octanol–water partition coefficient (Wildman–Crippen LogP) is 5.16. The van der Waals surface area contributed by atoms with Crippen molar-refractivity contribution >= 4 is 22.8 Å². The van der Waals surface area contributed by atoms with Gasteiger partial charge in [-0.2, -0.15) is 17.9 Å². The van der Waals surface area contributed by atoms with E-state index in [1.165, 1.54) is 22.9 Å². The van der Waals surface area contributed by atoms with E-state index in [1.807, 2.05) is 48.5 Å². The van der Waals surface area contributed by atoms with E-state index in [9.17, 15) is 0 Å². The largest absolute Gasteiger partial charge is 0.200 e. The van der Waals surface area contributed by atoms with Gasteiger partial charge in [-0.3, -0.25) is 0 Å². The molecule has 6 aromatic rings. The topological polar surface area (TPSA) is 33.5 Å². The fourth-order valence-electron chi connectivity index (χ4n) is 4.32. The second-order valence-electron chi connectivity index (χ2n) is 9.12. The van der Waals surface area contributed by atoms with Gasteiger partial charge in [-0.15, -0.1) is 0 Å². The van der Waals surface area contributed by atoms with Crippen molar-refractivity contribution in [3.63, 3.8) is 0 Å². The zero-order chi connectivity index (χ0) is 26.3. The summed E-state index contributed by atoms with van der Waals surface area (Å²) >= 11 is 1.19. The Morgan fingerprint density at radius 2 is 0.974 bits per heavy atom. The van der Waals surface area contributed by atoms with E-state index in [-0.39, 0.29) is 0 Å². The Morgan fingerprint density at radius 3 is 1.44 bits per heavy atom. The van der Waals surface area contributed by atoms with Gasteiger partial charge in [0.2, 0.25) is 0 Å². The van der Waals surface area contributed by atoms with Gasteiger partial charge in [-0.1, -0.05) is 84.3 Å². The van der Waals surface area contributed by atoms with Crippen molar-refractivity contribution < 1.29 is 9.13 Å². The molecular formula is C34H24N4S+2. The van der Waals surface area contributed by atoms with Crippen LogP contribution in [0.25, 0.3) is 11.0 Å². The highest BCUT2D eigenvalue weighted by molar-refractivity contribution is 7.00. The van der Waals surface area contributed by atoms with Crippen LogP contribution in [0.2, 0.25) is 0 Å². The van der Waals surface area contributed by atoms with Gasteiger partial charge in [0.1, 0.15) is 11.0 Å². The van der Waals surface area contributed by atoms with Gasteiger partial charge in [0.15, 0.2) is 37.9 Å². The molecule has 3 aromatic carbocycles. The van der Waals surface area contributed by atoms with Crippen molar-refractivity contribution in [1.82, 2.24) is 8.75 Å². The van der Waals surface area contributed by atoms with E-state index in [0.717, 1.165) is 46.4 Å². The minimum atomic E-state index is 0.791. The third-order valence-corrected chi connectivity index (χ3v) is 6.76. The Kier molecular flexibility index (Phi) is 7.17. The quantitative estimate of drug-likeness (QED) is 0.238. The molecule has 3 aromatic heterocycles. The highest BCUT2D eigenvalue weighted by atomic mass is 32.1. The number of pyridine rings is 2. The Morgan fingerprint density at radius 1 is 0.513 bits per heavy atom. The molecule has 0 aliphatic rings. The van der Waals surface area contributed by atoms with Crippen LogP contribution >= 0.6 is 11.7 Å². The Labute approximate surface area is 232 Å². The summed E-state index contributed by atoms with van der Waals surface area (Å²) in [5.41, 5.74) is 7.68. The maximum atomic E-state index is 4.53. The van der Waals surface area contributed by atoms with Gasteiger partial charge >= 0.3 is 0 Å². The maximum absolute atomic E-state index is 4.53. The molecule has 0 amide bonds. The van der Waals surface area contributed by atoms with Gasteiger partial charge in [-0.05, 0) is 24.3 Å². The highest BCUT2D eigenvalue weighted by Gasteiger charge is 2.09. The molecule has 0 fully saturated rings. The molecule has 3 heterocycles.